The number of nitrogens with one attached hydrogen (secondary N) is 1. The molecular formula is C14H23NO2S. The molecule has 0 spiro atoms. The molecule has 0 saturated carbocycles. The summed E-state index contributed by atoms with van der Waals surface area (Å²) in [5, 5.41) is 3.00. The first kappa shape index (κ1) is 15.2. The zero-order valence-electron chi connectivity index (χ0n) is 11.4. The van der Waals surface area contributed by atoms with E-state index in [1.54, 1.807) is 0 Å². The summed E-state index contributed by atoms with van der Waals surface area (Å²) in [5.74, 6) is 0. The quantitative estimate of drug-likeness (QED) is 0.827. The highest BCUT2D eigenvalue weighted by Gasteiger charge is 2.29. The first-order valence-corrected chi connectivity index (χ1v) is 8.43. The molecule has 4 heteroatoms. The Balaban J connectivity index is 3.04. The summed E-state index contributed by atoms with van der Waals surface area (Å²) < 4.78 is 23.8. The van der Waals surface area contributed by atoms with Gasteiger partial charge in [0.25, 0.3) is 0 Å². The van der Waals surface area contributed by atoms with Gasteiger partial charge >= 0.3 is 0 Å². The monoisotopic (exact) mass is 269 g/mol. The van der Waals surface area contributed by atoms with Crippen LogP contribution in [0.15, 0.2) is 30.3 Å². The van der Waals surface area contributed by atoms with E-state index >= 15 is 0 Å². The first-order valence-electron chi connectivity index (χ1n) is 6.47. The Bertz CT molecular complexity index is 442. The van der Waals surface area contributed by atoms with Gasteiger partial charge in [0, 0.05) is 12.3 Å². The predicted molar refractivity (Wildman–Crippen MR) is 76.4 cm³/mol. The van der Waals surface area contributed by atoms with Crippen molar-refractivity contribution in [2.24, 2.45) is 0 Å². The van der Waals surface area contributed by atoms with Crippen molar-refractivity contribution in [2.75, 3.05) is 12.8 Å². The molecule has 0 fully saturated rings. The minimum atomic E-state index is -3.06. The Morgan fingerprint density at radius 2 is 1.78 bits per heavy atom. The fraction of sp³-hybridized carbons (Fsp3) is 0.571. The van der Waals surface area contributed by atoms with Gasteiger partial charge in [-0.3, -0.25) is 0 Å². The van der Waals surface area contributed by atoms with Crippen LogP contribution in [0.4, 0.5) is 0 Å². The maximum Gasteiger partial charge on any atom is 0.152 e. The fourth-order valence-corrected chi connectivity index (χ4v) is 3.56. The third-order valence-electron chi connectivity index (χ3n) is 3.10. The first-order chi connectivity index (χ1) is 8.50. The summed E-state index contributed by atoms with van der Waals surface area (Å²) >= 11 is 0. The topological polar surface area (TPSA) is 46.2 Å². The SMILES string of the molecule is CCCNC(c1ccccc1)C(CC)S(C)(=O)=O. The van der Waals surface area contributed by atoms with Crippen molar-refractivity contribution in [1.29, 1.82) is 0 Å². The molecule has 1 rings (SSSR count). The van der Waals surface area contributed by atoms with E-state index in [9.17, 15) is 8.42 Å². The Morgan fingerprint density at radius 3 is 2.22 bits per heavy atom. The van der Waals surface area contributed by atoms with Crippen molar-refractivity contribution < 1.29 is 8.42 Å². The van der Waals surface area contributed by atoms with Gasteiger partial charge in [-0.15, -0.1) is 0 Å². The maximum atomic E-state index is 11.9. The molecule has 18 heavy (non-hydrogen) atoms. The zero-order chi connectivity index (χ0) is 13.6. The Hall–Kier alpha value is -0.870. The summed E-state index contributed by atoms with van der Waals surface area (Å²) in [4.78, 5) is 0. The van der Waals surface area contributed by atoms with Crippen molar-refractivity contribution in [1.82, 2.24) is 5.32 Å². The van der Waals surface area contributed by atoms with E-state index < -0.39 is 9.84 Å². The van der Waals surface area contributed by atoms with Crippen molar-refractivity contribution in [2.45, 2.75) is 38.0 Å². The van der Waals surface area contributed by atoms with E-state index in [0.717, 1.165) is 18.5 Å². The molecule has 0 saturated heterocycles. The lowest BCUT2D eigenvalue weighted by Gasteiger charge is -2.26. The van der Waals surface area contributed by atoms with E-state index in [0.29, 0.717) is 6.42 Å². The van der Waals surface area contributed by atoms with E-state index in [4.69, 9.17) is 0 Å². The summed E-state index contributed by atoms with van der Waals surface area (Å²) in [5.41, 5.74) is 1.04. The number of sulfone groups is 1. The average molecular weight is 269 g/mol. The van der Waals surface area contributed by atoms with E-state index in [-0.39, 0.29) is 11.3 Å². The molecule has 0 aliphatic carbocycles. The lowest BCUT2D eigenvalue weighted by Crippen LogP contribution is -2.37. The Kier molecular flexibility index (Phi) is 5.82. The molecule has 0 aromatic heterocycles. The van der Waals surface area contributed by atoms with Gasteiger partial charge < -0.3 is 5.32 Å². The van der Waals surface area contributed by atoms with Gasteiger partial charge in [-0.1, -0.05) is 44.2 Å². The zero-order valence-corrected chi connectivity index (χ0v) is 12.2. The van der Waals surface area contributed by atoms with E-state index in [1.807, 2.05) is 37.3 Å². The highest BCUT2D eigenvalue weighted by molar-refractivity contribution is 7.91. The van der Waals surface area contributed by atoms with Gasteiger partial charge in [0.15, 0.2) is 9.84 Å². The van der Waals surface area contributed by atoms with Gasteiger partial charge in [0.2, 0.25) is 0 Å². The lowest BCUT2D eigenvalue weighted by molar-refractivity contribution is 0.479. The minimum Gasteiger partial charge on any atom is -0.309 e. The fourth-order valence-electron chi connectivity index (χ4n) is 2.21. The summed E-state index contributed by atoms with van der Waals surface area (Å²) in [7, 11) is -3.06. The van der Waals surface area contributed by atoms with Crippen molar-refractivity contribution >= 4 is 9.84 Å². The third-order valence-corrected chi connectivity index (χ3v) is 4.80. The van der Waals surface area contributed by atoms with Crippen LogP contribution < -0.4 is 5.32 Å². The minimum absolute atomic E-state index is 0.119. The Morgan fingerprint density at radius 1 is 1.17 bits per heavy atom. The molecule has 1 aromatic carbocycles. The molecule has 0 aliphatic rings. The van der Waals surface area contributed by atoms with Crippen LogP contribution in [0, 0.1) is 0 Å². The number of rotatable bonds is 7. The molecule has 0 radical (unpaired) electrons. The van der Waals surface area contributed by atoms with E-state index in [1.165, 1.54) is 6.26 Å². The smallest absolute Gasteiger partial charge is 0.152 e. The molecule has 2 unspecified atom stereocenters. The van der Waals surface area contributed by atoms with Crippen LogP contribution in [0.1, 0.15) is 38.3 Å². The summed E-state index contributed by atoms with van der Waals surface area (Å²) in [6, 6.07) is 9.70. The molecule has 0 amide bonds. The van der Waals surface area contributed by atoms with Crippen molar-refractivity contribution in [3.05, 3.63) is 35.9 Å². The highest BCUT2D eigenvalue weighted by atomic mass is 32.2. The normalized spacial score (nSPS) is 15.3. The highest BCUT2D eigenvalue weighted by Crippen LogP contribution is 2.24. The summed E-state index contributed by atoms with van der Waals surface area (Å²) in [6.45, 7) is 4.83. The third kappa shape index (κ3) is 4.10. The standard InChI is InChI=1S/C14H23NO2S/c1-4-11-15-14(12-9-7-6-8-10-12)13(5-2)18(3,16)17/h6-10,13-15H,4-5,11H2,1-3H3. The largest absolute Gasteiger partial charge is 0.309 e. The van der Waals surface area contributed by atoms with Crippen LogP contribution in [-0.4, -0.2) is 26.5 Å². The molecule has 0 aliphatic heterocycles. The molecule has 1 aromatic rings. The van der Waals surface area contributed by atoms with Gasteiger partial charge in [0.1, 0.15) is 0 Å². The second-order valence-electron chi connectivity index (χ2n) is 4.62. The molecule has 1 N–H and O–H groups in total. The van der Waals surface area contributed by atoms with E-state index in [2.05, 4.69) is 12.2 Å². The summed E-state index contributed by atoms with van der Waals surface area (Å²) in [6.07, 6.45) is 2.93. The molecule has 0 bridgehead atoms. The number of benzene rings is 1. The van der Waals surface area contributed by atoms with Crippen LogP contribution in [0.2, 0.25) is 0 Å². The van der Waals surface area contributed by atoms with Gasteiger partial charge in [0.05, 0.1) is 5.25 Å². The van der Waals surface area contributed by atoms with Crippen LogP contribution in [0.5, 0.6) is 0 Å². The molecular weight excluding hydrogens is 246 g/mol. The predicted octanol–water partition coefficient (Wildman–Crippen LogP) is 2.55. The lowest BCUT2D eigenvalue weighted by atomic mass is 10.0. The second kappa shape index (κ2) is 6.90. The average Bonchev–Trinajstić information content (AvgIpc) is 2.34. The number of hydrogen-bond donors (Lipinski definition) is 1. The number of hydrogen-bond acceptors (Lipinski definition) is 3. The van der Waals surface area contributed by atoms with Gasteiger partial charge in [-0.05, 0) is 24.9 Å². The van der Waals surface area contributed by atoms with Gasteiger partial charge in [-0.25, -0.2) is 8.42 Å². The molecule has 0 heterocycles. The second-order valence-corrected chi connectivity index (χ2v) is 6.88. The maximum absolute atomic E-state index is 11.9. The van der Waals surface area contributed by atoms with Crippen molar-refractivity contribution in [3.8, 4) is 0 Å². The van der Waals surface area contributed by atoms with Crippen LogP contribution in [0.3, 0.4) is 0 Å². The molecule has 102 valence electrons. The van der Waals surface area contributed by atoms with Crippen molar-refractivity contribution in [3.63, 3.8) is 0 Å². The molecule has 3 nitrogen and oxygen atoms in total. The van der Waals surface area contributed by atoms with Gasteiger partial charge in [-0.2, -0.15) is 0 Å². The Labute approximate surface area is 111 Å². The van der Waals surface area contributed by atoms with Crippen LogP contribution >= 0.6 is 0 Å². The molecule has 2 atom stereocenters. The van der Waals surface area contributed by atoms with Crippen LogP contribution in [-0.2, 0) is 9.84 Å². The van der Waals surface area contributed by atoms with Crippen LogP contribution in [0.25, 0.3) is 0 Å².